The molecule has 0 N–H and O–H groups in total. The second-order valence-corrected chi connectivity index (χ2v) is 6.88. The summed E-state index contributed by atoms with van der Waals surface area (Å²) in [5.41, 5.74) is 1.40. The van der Waals surface area contributed by atoms with E-state index < -0.39 is 0 Å². The molecular weight excluding hydrogens is 260 g/mol. The SMILES string of the molecule is CC1CN2CCCCC2CN1C1CCOc2ccccc21. The maximum Gasteiger partial charge on any atom is 0.124 e. The van der Waals surface area contributed by atoms with Crippen LogP contribution in [0.4, 0.5) is 0 Å². The Bertz CT molecular complexity index is 504. The lowest BCUT2D eigenvalue weighted by molar-refractivity contribution is -0.0172. The number of hydrogen-bond acceptors (Lipinski definition) is 3. The monoisotopic (exact) mass is 286 g/mol. The van der Waals surface area contributed by atoms with Crippen LogP contribution in [0.25, 0.3) is 0 Å². The van der Waals surface area contributed by atoms with Gasteiger partial charge in [-0.1, -0.05) is 24.6 Å². The van der Waals surface area contributed by atoms with E-state index in [1.165, 1.54) is 44.5 Å². The number of rotatable bonds is 1. The van der Waals surface area contributed by atoms with Crippen LogP contribution in [0, 0.1) is 0 Å². The van der Waals surface area contributed by atoms with E-state index in [4.69, 9.17) is 4.74 Å². The minimum absolute atomic E-state index is 0.550. The van der Waals surface area contributed by atoms with Crippen LogP contribution in [-0.4, -0.2) is 48.1 Å². The highest BCUT2D eigenvalue weighted by atomic mass is 16.5. The van der Waals surface area contributed by atoms with Gasteiger partial charge in [-0.15, -0.1) is 0 Å². The molecule has 114 valence electrons. The summed E-state index contributed by atoms with van der Waals surface area (Å²) < 4.78 is 5.85. The summed E-state index contributed by atoms with van der Waals surface area (Å²) >= 11 is 0. The lowest BCUT2D eigenvalue weighted by atomic mass is 9.92. The van der Waals surface area contributed by atoms with E-state index in [2.05, 4.69) is 41.0 Å². The molecule has 3 atom stereocenters. The number of nitrogens with zero attached hydrogens (tertiary/aromatic N) is 2. The average Bonchev–Trinajstić information content (AvgIpc) is 2.54. The Morgan fingerprint density at radius 2 is 2.00 bits per heavy atom. The molecule has 3 heteroatoms. The lowest BCUT2D eigenvalue weighted by Crippen LogP contribution is -2.59. The van der Waals surface area contributed by atoms with Crippen LogP contribution in [0.2, 0.25) is 0 Å². The van der Waals surface area contributed by atoms with Gasteiger partial charge >= 0.3 is 0 Å². The summed E-state index contributed by atoms with van der Waals surface area (Å²) in [6.07, 6.45) is 5.32. The van der Waals surface area contributed by atoms with Gasteiger partial charge < -0.3 is 4.74 Å². The lowest BCUT2D eigenvalue weighted by Gasteiger charge is -2.50. The molecule has 0 spiro atoms. The van der Waals surface area contributed by atoms with Gasteiger partial charge in [0.05, 0.1) is 6.61 Å². The van der Waals surface area contributed by atoms with Crippen LogP contribution in [-0.2, 0) is 0 Å². The molecular formula is C18H26N2O. The Morgan fingerprint density at radius 1 is 1.10 bits per heavy atom. The molecule has 2 saturated heterocycles. The number of piperidine rings is 1. The van der Waals surface area contributed by atoms with E-state index >= 15 is 0 Å². The van der Waals surface area contributed by atoms with Gasteiger partial charge in [0, 0.05) is 43.2 Å². The fraction of sp³-hybridized carbons (Fsp3) is 0.667. The summed E-state index contributed by atoms with van der Waals surface area (Å²) in [5, 5.41) is 0. The minimum atomic E-state index is 0.550. The van der Waals surface area contributed by atoms with Crippen molar-refractivity contribution in [2.45, 2.75) is 50.7 Å². The smallest absolute Gasteiger partial charge is 0.124 e. The Kier molecular flexibility index (Phi) is 3.64. The molecule has 0 bridgehead atoms. The zero-order chi connectivity index (χ0) is 14.2. The Morgan fingerprint density at radius 3 is 2.95 bits per heavy atom. The molecule has 4 rings (SSSR count). The number of fused-ring (bicyclic) bond motifs is 2. The maximum atomic E-state index is 5.85. The van der Waals surface area contributed by atoms with Crippen molar-refractivity contribution in [1.29, 1.82) is 0 Å². The van der Waals surface area contributed by atoms with Crippen LogP contribution < -0.4 is 4.74 Å². The Balaban J connectivity index is 1.58. The molecule has 3 unspecified atom stereocenters. The summed E-state index contributed by atoms with van der Waals surface area (Å²) in [6, 6.07) is 10.6. The number of benzene rings is 1. The van der Waals surface area contributed by atoms with Gasteiger partial charge in [-0.05, 0) is 32.4 Å². The number of para-hydroxylation sites is 1. The highest BCUT2D eigenvalue weighted by Gasteiger charge is 2.38. The predicted molar refractivity (Wildman–Crippen MR) is 84.7 cm³/mol. The van der Waals surface area contributed by atoms with E-state index in [9.17, 15) is 0 Å². The quantitative estimate of drug-likeness (QED) is 0.789. The second-order valence-electron chi connectivity index (χ2n) is 6.88. The zero-order valence-electron chi connectivity index (χ0n) is 13.0. The number of ether oxygens (including phenoxy) is 1. The third-order valence-corrected chi connectivity index (χ3v) is 5.56. The third-order valence-electron chi connectivity index (χ3n) is 5.56. The van der Waals surface area contributed by atoms with Crippen LogP contribution in [0.5, 0.6) is 5.75 Å². The normalized spacial score (nSPS) is 33.9. The summed E-state index contributed by atoms with van der Waals surface area (Å²) in [6.45, 7) is 7.06. The first-order valence-corrected chi connectivity index (χ1v) is 8.54. The molecule has 3 aliphatic heterocycles. The highest BCUT2D eigenvalue weighted by molar-refractivity contribution is 5.37. The number of piperazine rings is 1. The van der Waals surface area contributed by atoms with E-state index in [-0.39, 0.29) is 0 Å². The van der Waals surface area contributed by atoms with Crippen LogP contribution in [0.3, 0.4) is 0 Å². The molecule has 0 aliphatic carbocycles. The van der Waals surface area contributed by atoms with Gasteiger partial charge in [0.25, 0.3) is 0 Å². The zero-order valence-corrected chi connectivity index (χ0v) is 13.0. The minimum Gasteiger partial charge on any atom is -0.493 e. The average molecular weight is 286 g/mol. The fourth-order valence-corrected chi connectivity index (χ4v) is 4.48. The maximum absolute atomic E-state index is 5.85. The Hall–Kier alpha value is -1.06. The van der Waals surface area contributed by atoms with Crippen molar-refractivity contribution in [3.63, 3.8) is 0 Å². The standard InChI is InChI=1S/C18H26N2O/c1-14-12-19-10-5-4-6-15(19)13-20(14)17-9-11-21-18-8-3-2-7-16(17)18/h2-3,7-8,14-15,17H,4-6,9-13H2,1H3. The van der Waals surface area contributed by atoms with Crippen molar-refractivity contribution in [2.24, 2.45) is 0 Å². The van der Waals surface area contributed by atoms with E-state index in [1.54, 1.807) is 0 Å². The van der Waals surface area contributed by atoms with Crippen LogP contribution in [0.1, 0.15) is 44.2 Å². The van der Waals surface area contributed by atoms with Gasteiger partial charge in [-0.25, -0.2) is 0 Å². The molecule has 1 aromatic carbocycles. The molecule has 0 aromatic heterocycles. The molecule has 2 fully saturated rings. The molecule has 1 aromatic rings. The van der Waals surface area contributed by atoms with Gasteiger partial charge in [0.2, 0.25) is 0 Å². The first kappa shape index (κ1) is 13.6. The number of hydrogen-bond donors (Lipinski definition) is 0. The molecule has 3 nitrogen and oxygen atoms in total. The molecule has 0 radical (unpaired) electrons. The summed E-state index contributed by atoms with van der Waals surface area (Å²) in [4.78, 5) is 5.49. The van der Waals surface area contributed by atoms with Crippen molar-refractivity contribution < 1.29 is 4.74 Å². The Labute approximate surface area is 127 Å². The van der Waals surface area contributed by atoms with Gasteiger partial charge in [0.15, 0.2) is 0 Å². The van der Waals surface area contributed by atoms with Gasteiger partial charge in [-0.2, -0.15) is 0 Å². The molecule has 21 heavy (non-hydrogen) atoms. The van der Waals surface area contributed by atoms with Crippen LogP contribution in [0.15, 0.2) is 24.3 Å². The fourth-order valence-electron chi connectivity index (χ4n) is 4.48. The summed E-state index contributed by atoms with van der Waals surface area (Å²) in [7, 11) is 0. The second kappa shape index (κ2) is 5.62. The van der Waals surface area contributed by atoms with Crippen molar-refractivity contribution in [3.05, 3.63) is 29.8 Å². The van der Waals surface area contributed by atoms with E-state index in [0.717, 1.165) is 24.8 Å². The van der Waals surface area contributed by atoms with Gasteiger partial charge in [0.1, 0.15) is 5.75 Å². The third kappa shape index (κ3) is 2.47. The highest BCUT2D eigenvalue weighted by Crippen LogP contribution is 2.39. The van der Waals surface area contributed by atoms with Crippen molar-refractivity contribution in [3.8, 4) is 5.75 Å². The van der Waals surface area contributed by atoms with Crippen molar-refractivity contribution in [2.75, 3.05) is 26.2 Å². The van der Waals surface area contributed by atoms with E-state index in [1.807, 2.05) is 0 Å². The van der Waals surface area contributed by atoms with Crippen LogP contribution >= 0.6 is 0 Å². The molecule has 0 amide bonds. The summed E-state index contributed by atoms with van der Waals surface area (Å²) in [5.74, 6) is 1.10. The predicted octanol–water partition coefficient (Wildman–Crippen LogP) is 3.07. The van der Waals surface area contributed by atoms with Crippen molar-refractivity contribution >= 4 is 0 Å². The molecule has 3 aliphatic rings. The van der Waals surface area contributed by atoms with Gasteiger partial charge in [-0.3, -0.25) is 9.80 Å². The molecule has 0 saturated carbocycles. The van der Waals surface area contributed by atoms with Crippen molar-refractivity contribution in [1.82, 2.24) is 9.80 Å². The molecule has 3 heterocycles. The topological polar surface area (TPSA) is 15.7 Å². The van der Waals surface area contributed by atoms with E-state index in [0.29, 0.717) is 12.1 Å². The first-order chi connectivity index (χ1) is 10.3. The first-order valence-electron chi connectivity index (χ1n) is 8.54. The largest absolute Gasteiger partial charge is 0.493 e.